The molecule has 78 valence electrons. The number of hydrogen-bond acceptors (Lipinski definition) is 6. The van der Waals surface area contributed by atoms with E-state index in [1.807, 2.05) is 7.05 Å². The average Bonchev–Trinajstić information content (AvgIpc) is 2.68. The lowest BCUT2D eigenvalue weighted by molar-refractivity contribution is 0.122. The van der Waals surface area contributed by atoms with Gasteiger partial charge in [0.1, 0.15) is 5.01 Å². The van der Waals surface area contributed by atoms with Gasteiger partial charge in [-0.1, -0.05) is 11.3 Å². The molecule has 1 aliphatic heterocycles. The van der Waals surface area contributed by atoms with Gasteiger partial charge in [-0.25, -0.2) is 0 Å². The lowest BCUT2D eigenvalue weighted by atomic mass is 10.5. The van der Waals surface area contributed by atoms with Crippen LogP contribution in [0.25, 0.3) is 0 Å². The van der Waals surface area contributed by atoms with Crippen molar-refractivity contribution in [1.82, 2.24) is 15.5 Å². The fourth-order valence-electron chi connectivity index (χ4n) is 1.35. The van der Waals surface area contributed by atoms with E-state index in [1.54, 1.807) is 11.3 Å². The van der Waals surface area contributed by atoms with Crippen molar-refractivity contribution in [1.29, 1.82) is 0 Å². The molecule has 1 saturated heterocycles. The number of rotatable bonds is 3. The summed E-state index contributed by atoms with van der Waals surface area (Å²) in [6, 6.07) is 0. The molecular formula is C8H14N4OS. The lowest BCUT2D eigenvalue weighted by Gasteiger charge is -2.25. The van der Waals surface area contributed by atoms with Crippen LogP contribution in [-0.2, 0) is 11.3 Å². The summed E-state index contributed by atoms with van der Waals surface area (Å²) in [5.41, 5.74) is 0. The Kier molecular flexibility index (Phi) is 3.28. The predicted molar refractivity (Wildman–Crippen MR) is 55.7 cm³/mol. The van der Waals surface area contributed by atoms with E-state index < -0.39 is 0 Å². The molecule has 0 aliphatic carbocycles. The van der Waals surface area contributed by atoms with Crippen molar-refractivity contribution in [2.45, 2.75) is 6.54 Å². The summed E-state index contributed by atoms with van der Waals surface area (Å²) in [6.07, 6.45) is 0. The Bertz CT molecular complexity index is 285. The van der Waals surface area contributed by atoms with Crippen LogP contribution in [-0.4, -0.2) is 43.5 Å². The van der Waals surface area contributed by atoms with Crippen molar-refractivity contribution in [2.75, 3.05) is 38.3 Å². The number of nitrogens with zero attached hydrogens (tertiary/aromatic N) is 3. The first kappa shape index (κ1) is 9.82. The molecule has 1 N–H and O–H groups in total. The highest BCUT2D eigenvalue weighted by Gasteiger charge is 2.15. The molecule has 14 heavy (non-hydrogen) atoms. The molecule has 0 atom stereocenters. The molecule has 0 amide bonds. The molecule has 1 fully saturated rings. The molecule has 2 heterocycles. The highest BCUT2D eigenvalue weighted by molar-refractivity contribution is 7.15. The summed E-state index contributed by atoms with van der Waals surface area (Å²) < 4.78 is 5.28. The van der Waals surface area contributed by atoms with Crippen LogP contribution in [0.5, 0.6) is 0 Å². The average molecular weight is 214 g/mol. The van der Waals surface area contributed by atoms with E-state index in [1.165, 1.54) is 0 Å². The first-order valence-corrected chi connectivity index (χ1v) is 5.51. The molecule has 0 unspecified atom stereocenters. The van der Waals surface area contributed by atoms with Crippen molar-refractivity contribution in [3.63, 3.8) is 0 Å². The Morgan fingerprint density at radius 3 is 2.93 bits per heavy atom. The SMILES string of the molecule is CNCc1nnc(N2CCOCC2)s1. The third-order valence-corrected chi connectivity index (χ3v) is 3.05. The molecule has 0 bridgehead atoms. The molecule has 1 aromatic rings. The van der Waals surface area contributed by atoms with Crippen molar-refractivity contribution in [3.8, 4) is 0 Å². The van der Waals surface area contributed by atoms with Gasteiger partial charge in [0.15, 0.2) is 0 Å². The number of hydrogen-bond donors (Lipinski definition) is 1. The van der Waals surface area contributed by atoms with Crippen LogP contribution in [0.2, 0.25) is 0 Å². The standard InChI is InChI=1S/C8H14N4OS/c1-9-6-7-10-11-8(14-7)12-2-4-13-5-3-12/h9H,2-6H2,1H3. The monoisotopic (exact) mass is 214 g/mol. The maximum atomic E-state index is 5.28. The van der Waals surface area contributed by atoms with Gasteiger partial charge >= 0.3 is 0 Å². The molecule has 5 nitrogen and oxygen atoms in total. The molecular weight excluding hydrogens is 200 g/mol. The fraction of sp³-hybridized carbons (Fsp3) is 0.750. The third-order valence-electron chi connectivity index (χ3n) is 2.07. The molecule has 1 aromatic heterocycles. The van der Waals surface area contributed by atoms with Crippen LogP contribution in [0.1, 0.15) is 5.01 Å². The van der Waals surface area contributed by atoms with E-state index in [2.05, 4.69) is 20.4 Å². The topological polar surface area (TPSA) is 50.3 Å². The Morgan fingerprint density at radius 1 is 1.43 bits per heavy atom. The second kappa shape index (κ2) is 4.68. The van der Waals surface area contributed by atoms with Gasteiger partial charge in [-0.2, -0.15) is 0 Å². The van der Waals surface area contributed by atoms with Gasteiger partial charge in [0, 0.05) is 19.6 Å². The third kappa shape index (κ3) is 2.20. The van der Waals surface area contributed by atoms with Crippen LogP contribution in [0.3, 0.4) is 0 Å². The normalized spacial score (nSPS) is 17.4. The quantitative estimate of drug-likeness (QED) is 0.773. The van der Waals surface area contributed by atoms with E-state index in [9.17, 15) is 0 Å². The zero-order chi connectivity index (χ0) is 9.80. The summed E-state index contributed by atoms with van der Waals surface area (Å²) in [7, 11) is 1.91. The van der Waals surface area contributed by atoms with E-state index in [0.29, 0.717) is 0 Å². The van der Waals surface area contributed by atoms with Crippen molar-refractivity contribution in [2.24, 2.45) is 0 Å². The first-order valence-electron chi connectivity index (χ1n) is 4.70. The van der Waals surface area contributed by atoms with Crippen LogP contribution < -0.4 is 10.2 Å². The Morgan fingerprint density at radius 2 is 2.21 bits per heavy atom. The van der Waals surface area contributed by atoms with E-state index in [-0.39, 0.29) is 0 Å². The van der Waals surface area contributed by atoms with Gasteiger partial charge in [0.2, 0.25) is 5.13 Å². The molecule has 2 rings (SSSR count). The molecule has 0 aromatic carbocycles. The van der Waals surface area contributed by atoms with Gasteiger partial charge in [0.05, 0.1) is 13.2 Å². The van der Waals surface area contributed by atoms with Gasteiger partial charge in [-0.3, -0.25) is 0 Å². The number of anilines is 1. The van der Waals surface area contributed by atoms with Gasteiger partial charge in [0.25, 0.3) is 0 Å². The fourth-order valence-corrected chi connectivity index (χ4v) is 2.25. The number of ether oxygens (including phenoxy) is 1. The highest BCUT2D eigenvalue weighted by Crippen LogP contribution is 2.20. The number of morpholine rings is 1. The predicted octanol–water partition coefficient (Wildman–Crippen LogP) is 0.0941. The molecule has 0 spiro atoms. The van der Waals surface area contributed by atoms with Crippen LogP contribution in [0.15, 0.2) is 0 Å². The van der Waals surface area contributed by atoms with Crippen molar-refractivity contribution < 1.29 is 4.74 Å². The zero-order valence-electron chi connectivity index (χ0n) is 8.19. The zero-order valence-corrected chi connectivity index (χ0v) is 9.01. The van der Waals surface area contributed by atoms with Crippen LogP contribution >= 0.6 is 11.3 Å². The minimum absolute atomic E-state index is 0.793. The minimum Gasteiger partial charge on any atom is -0.378 e. The maximum Gasteiger partial charge on any atom is 0.208 e. The molecule has 0 radical (unpaired) electrons. The number of aromatic nitrogens is 2. The van der Waals surface area contributed by atoms with Gasteiger partial charge in [-0.15, -0.1) is 10.2 Å². The van der Waals surface area contributed by atoms with Gasteiger partial charge < -0.3 is 15.0 Å². The largest absolute Gasteiger partial charge is 0.378 e. The summed E-state index contributed by atoms with van der Waals surface area (Å²) in [6.45, 7) is 4.23. The Balaban J connectivity index is 2.00. The van der Waals surface area contributed by atoms with Gasteiger partial charge in [-0.05, 0) is 7.05 Å². The lowest BCUT2D eigenvalue weighted by Crippen LogP contribution is -2.36. The second-order valence-electron chi connectivity index (χ2n) is 3.11. The molecule has 1 aliphatic rings. The summed E-state index contributed by atoms with van der Waals surface area (Å²) >= 11 is 1.65. The van der Waals surface area contributed by atoms with Crippen molar-refractivity contribution in [3.05, 3.63) is 5.01 Å². The van der Waals surface area contributed by atoms with E-state index >= 15 is 0 Å². The minimum atomic E-state index is 0.793. The van der Waals surface area contributed by atoms with Crippen LogP contribution in [0.4, 0.5) is 5.13 Å². The highest BCUT2D eigenvalue weighted by atomic mass is 32.1. The summed E-state index contributed by atoms with van der Waals surface area (Å²) in [5.74, 6) is 0. The maximum absolute atomic E-state index is 5.28. The Labute approximate surface area is 87.1 Å². The van der Waals surface area contributed by atoms with Crippen molar-refractivity contribution >= 4 is 16.5 Å². The summed E-state index contributed by atoms with van der Waals surface area (Å²) in [4.78, 5) is 2.22. The van der Waals surface area contributed by atoms with Crippen LogP contribution in [0, 0.1) is 0 Å². The second-order valence-corrected chi connectivity index (χ2v) is 4.15. The Hall–Kier alpha value is -0.720. The summed E-state index contributed by atoms with van der Waals surface area (Å²) in [5, 5.41) is 13.4. The van der Waals surface area contributed by atoms with E-state index in [4.69, 9.17) is 4.74 Å². The van der Waals surface area contributed by atoms with E-state index in [0.717, 1.165) is 43.0 Å². The smallest absolute Gasteiger partial charge is 0.208 e. The molecule has 6 heteroatoms. The number of nitrogens with one attached hydrogen (secondary N) is 1. The molecule has 0 saturated carbocycles. The first-order chi connectivity index (χ1) is 6.90.